The molecule has 1 atom stereocenters. The van der Waals surface area contributed by atoms with E-state index in [2.05, 4.69) is 20.6 Å². The lowest BCUT2D eigenvalue weighted by Crippen LogP contribution is -2.45. The number of halogens is 2. The van der Waals surface area contributed by atoms with Crippen LogP contribution in [0.3, 0.4) is 0 Å². The number of hydrogen-bond donors (Lipinski definition) is 2. The van der Waals surface area contributed by atoms with Crippen LogP contribution in [0.15, 0.2) is 48.8 Å². The second-order valence-corrected chi connectivity index (χ2v) is 10.1. The van der Waals surface area contributed by atoms with Crippen LogP contribution >= 0.6 is 11.6 Å². The van der Waals surface area contributed by atoms with E-state index < -0.39 is 5.82 Å². The zero-order valence-corrected chi connectivity index (χ0v) is 22.2. The number of hydrogen-bond acceptors (Lipinski definition) is 8. The first kappa shape index (κ1) is 26.8. The third-order valence-electron chi connectivity index (χ3n) is 6.55. The molecule has 11 heteroatoms. The summed E-state index contributed by atoms with van der Waals surface area (Å²) >= 11 is 5.94. The van der Waals surface area contributed by atoms with Gasteiger partial charge < -0.3 is 20.1 Å². The van der Waals surface area contributed by atoms with Gasteiger partial charge in [0.05, 0.1) is 29.4 Å². The van der Waals surface area contributed by atoms with Crippen molar-refractivity contribution in [3.63, 3.8) is 0 Å². The monoisotopic (exact) mass is 553 g/mol. The van der Waals surface area contributed by atoms with Crippen molar-refractivity contribution in [3.05, 3.63) is 59.7 Å². The average molecular weight is 554 g/mol. The number of nitrogens with zero attached hydrogens (tertiary/aromatic N) is 3. The highest BCUT2D eigenvalue weighted by molar-refractivity contribution is 6.31. The summed E-state index contributed by atoms with van der Waals surface area (Å²) in [6.45, 7) is 3.80. The van der Waals surface area contributed by atoms with Gasteiger partial charge in [-0.1, -0.05) is 24.6 Å². The molecule has 1 unspecified atom stereocenters. The summed E-state index contributed by atoms with van der Waals surface area (Å²) in [5.41, 5.74) is 1.64. The molecule has 0 spiro atoms. The van der Waals surface area contributed by atoms with Crippen LogP contribution in [0.25, 0.3) is 10.9 Å². The minimum absolute atomic E-state index is 0.0134. The first-order chi connectivity index (χ1) is 18.9. The van der Waals surface area contributed by atoms with Gasteiger partial charge in [-0.25, -0.2) is 14.4 Å². The Kier molecular flexibility index (Phi) is 8.23. The summed E-state index contributed by atoms with van der Waals surface area (Å²) in [5.74, 6) is 0.372. The second-order valence-electron chi connectivity index (χ2n) is 9.70. The Hall–Kier alpha value is -3.76. The zero-order chi connectivity index (χ0) is 27.4. The van der Waals surface area contributed by atoms with Gasteiger partial charge in [0.15, 0.2) is 0 Å². The number of morpholine rings is 1. The Labute approximate surface area is 230 Å². The highest BCUT2D eigenvalue weighted by atomic mass is 35.5. The molecule has 0 radical (unpaired) electrons. The predicted octanol–water partition coefficient (Wildman–Crippen LogP) is 5.09. The smallest absolute Gasteiger partial charge is 0.320 e. The Morgan fingerprint density at radius 3 is 2.90 bits per heavy atom. The molecule has 39 heavy (non-hydrogen) atoms. The number of amides is 1. The molecule has 3 aromatic rings. The van der Waals surface area contributed by atoms with Crippen molar-refractivity contribution < 1.29 is 23.5 Å². The number of carbonyl (C=O) groups is 2. The number of esters is 1. The summed E-state index contributed by atoms with van der Waals surface area (Å²) in [6, 6.07) is 7.82. The van der Waals surface area contributed by atoms with Crippen LogP contribution in [0.5, 0.6) is 5.75 Å². The normalized spacial score (nSPS) is 17.8. The van der Waals surface area contributed by atoms with Crippen molar-refractivity contribution in [2.75, 3.05) is 36.9 Å². The minimum Gasteiger partial charge on any atom is -0.491 e. The molecule has 2 heterocycles. The van der Waals surface area contributed by atoms with Gasteiger partial charge in [0, 0.05) is 36.3 Å². The largest absolute Gasteiger partial charge is 0.491 e. The van der Waals surface area contributed by atoms with Gasteiger partial charge in [-0.2, -0.15) is 0 Å². The number of fused-ring (bicyclic) bond motifs is 1. The van der Waals surface area contributed by atoms with Gasteiger partial charge in [-0.15, -0.1) is 0 Å². The quantitative estimate of drug-likeness (QED) is 0.264. The molecule has 2 aliphatic rings. The molecule has 1 amide bonds. The molecule has 9 nitrogen and oxygen atoms in total. The van der Waals surface area contributed by atoms with E-state index in [1.807, 2.05) is 11.8 Å². The second kappa shape index (κ2) is 12.0. The van der Waals surface area contributed by atoms with Crippen molar-refractivity contribution in [1.29, 1.82) is 0 Å². The lowest BCUT2D eigenvalue weighted by molar-refractivity contribution is -0.158. The van der Waals surface area contributed by atoms with Gasteiger partial charge in [0.2, 0.25) is 5.91 Å². The number of benzene rings is 2. The maximum Gasteiger partial charge on any atom is 0.320 e. The fourth-order valence-corrected chi connectivity index (χ4v) is 4.41. The Bertz CT molecular complexity index is 1410. The molecule has 2 fully saturated rings. The third kappa shape index (κ3) is 7.01. The molecule has 2 aromatic carbocycles. The van der Waals surface area contributed by atoms with Crippen LogP contribution in [-0.4, -0.2) is 59.1 Å². The lowest BCUT2D eigenvalue weighted by Gasteiger charge is -2.30. The van der Waals surface area contributed by atoms with E-state index in [1.54, 1.807) is 24.3 Å². The van der Waals surface area contributed by atoms with Crippen LogP contribution in [0.4, 0.5) is 21.6 Å². The van der Waals surface area contributed by atoms with Crippen molar-refractivity contribution in [2.24, 2.45) is 5.92 Å². The molecule has 1 saturated heterocycles. The van der Waals surface area contributed by atoms with Crippen LogP contribution in [0.2, 0.25) is 5.02 Å². The van der Waals surface area contributed by atoms with E-state index in [1.165, 1.54) is 24.5 Å². The molecule has 1 aliphatic carbocycles. The van der Waals surface area contributed by atoms with Crippen LogP contribution in [-0.2, 0) is 14.3 Å². The Morgan fingerprint density at radius 2 is 2.13 bits per heavy atom. The summed E-state index contributed by atoms with van der Waals surface area (Å²) in [6.07, 6.45) is 7.44. The minimum atomic E-state index is -0.518. The Morgan fingerprint density at radius 1 is 1.28 bits per heavy atom. The molecule has 1 aliphatic heterocycles. The first-order valence-electron chi connectivity index (χ1n) is 12.9. The molecule has 5 rings (SSSR count). The van der Waals surface area contributed by atoms with E-state index in [4.69, 9.17) is 21.1 Å². The third-order valence-corrected chi connectivity index (χ3v) is 6.84. The lowest BCUT2D eigenvalue weighted by atomic mass is 10.1. The zero-order valence-electron chi connectivity index (χ0n) is 21.5. The predicted molar refractivity (Wildman–Crippen MR) is 147 cm³/mol. The number of ether oxygens (including phenoxy) is 2. The van der Waals surface area contributed by atoms with Gasteiger partial charge in [0.1, 0.15) is 29.8 Å². The van der Waals surface area contributed by atoms with Crippen molar-refractivity contribution >= 4 is 51.6 Å². The number of aromatic nitrogens is 2. The summed E-state index contributed by atoms with van der Waals surface area (Å²) in [4.78, 5) is 35.3. The molecular formula is C28H29ClFN5O4. The summed E-state index contributed by atoms with van der Waals surface area (Å²) < 4.78 is 25.0. The SMILES string of the molecule is CCC1CN(CC=CC(=O)Nc2cc3c(Nc4ccc(F)c(Cl)c4)ncnc3cc2OCC2CC2)CC(=O)O1. The molecule has 1 saturated carbocycles. The van der Waals surface area contributed by atoms with Gasteiger partial charge in [-0.3, -0.25) is 14.5 Å². The van der Waals surface area contributed by atoms with Crippen LogP contribution in [0, 0.1) is 11.7 Å². The fourth-order valence-electron chi connectivity index (χ4n) is 4.23. The summed E-state index contributed by atoms with van der Waals surface area (Å²) in [7, 11) is 0. The Balaban J connectivity index is 1.35. The van der Waals surface area contributed by atoms with Crippen LogP contribution in [0.1, 0.15) is 26.2 Å². The van der Waals surface area contributed by atoms with E-state index in [-0.39, 0.29) is 29.5 Å². The highest BCUT2D eigenvalue weighted by Gasteiger charge is 2.25. The van der Waals surface area contributed by atoms with E-state index in [0.29, 0.717) is 59.5 Å². The van der Waals surface area contributed by atoms with Crippen molar-refractivity contribution in [2.45, 2.75) is 32.3 Å². The van der Waals surface area contributed by atoms with Gasteiger partial charge in [-0.05, 0) is 49.4 Å². The summed E-state index contributed by atoms with van der Waals surface area (Å²) in [5, 5.41) is 6.67. The number of carbonyl (C=O) groups excluding carboxylic acids is 2. The number of anilines is 3. The van der Waals surface area contributed by atoms with E-state index >= 15 is 0 Å². The number of nitrogens with one attached hydrogen (secondary N) is 2. The average Bonchev–Trinajstić information content (AvgIpc) is 3.74. The topological polar surface area (TPSA) is 106 Å². The van der Waals surface area contributed by atoms with E-state index in [9.17, 15) is 14.0 Å². The first-order valence-corrected chi connectivity index (χ1v) is 13.3. The van der Waals surface area contributed by atoms with Gasteiger partial charge in [0.25, 0.3) is 0 Å². The maximum atomic E-state index is 13.6. The van der Waals surface area contributed by atoms with Crippen LogP contribution < -0.4 is 15.4 Å². The van der Waals surface area contributed by atoms with Crippen molar-refractivity contribution in [3.8, 4) is 5.75 Å². The fraction of sp³-hybridized carbons (Fsp3) is 0.357. The standard InChI is InChI=1S/C28H29ClFN5O4/c1-2-19-13-35(14-27(37)39-19)9-3-4-26(36)34-24-11-20-23(12-25(24)38-15-17-5-6-17)31-16-32-28(20)33-18-7-8-22(30)21(29)10-18/h3-4,7-8,10-12,16-17,19H,2,5-6,9,13-15H2,1H3,(H,34,36)(H,31,32,33). The maximum absolute atomic E-state index is 13.6. The molecule has 204 valence electrons. The number of rotatable bonds is 10. The molecule has 1 aromatic heterocycles. The molecule has 0 bridgehead atoms. The number of cyclic esters (lactones) is 1. The highest BCUT2D eigenvalue weighted by Crippen LogP contribution is 2.36. The molecular weight excluding hydrogens is 525 g/mol. The van der Waals surface area contributed by atoms with Gasteiger partial charge >= 0.3 is 5.97 Å². The molecule has 2 N–H and O–H groups in total. The van der Waals surface area contributed by atoms with Crippen molar-refractivity contribution in [1.82, 2.24) is 14.9 Å². The van der Waals surface area contributed by atoms with E-state index in [0.717, 1.165) is 19.3 Å².